The van der Waals surface area contributed by atoms with E-state index in [2.05, 4.69) is 15.3 Å². The van der Waals surface area contributed by atoms with E-state index in [4.69, 9.17) is 4.74 Å². The number of amides is 1. The van der Waals surface area contributed by atoms with Gasteiger partial charge >= 0.3 is 5.97 Å². The quantitative estimate of drug-likeness (QED) is 0.853. The Hall–Kier alpha value is -2.24. The molecule has 1 N–H and O–H groups in total. The second-order valence-corrected chi connectivity index (χ2v) is 5.34. The highest BCUT2D eigenvalue weighted by Crippen LogP contribution is 2.27. The first kappa shape index (κ1) is 15.2. The maximum atomic E-state index is 12.2. The molecule has 2 heterocycles. The number of hydrogen-bond donors (Lipinski definition) is 1. The first-order valence-electron chi connectivity index (χ1n) is 6.94. The van der Waals surface area contributed by atoms with E-state index >= 15 is 0 Å². The molecule has 0 unspecified atom stereocenters. The average molecular weight is 289 g/mol. The van der Waals surface area contributed by atoms with Gasteiger partial charge in [-0.2, -0.15) is 0 Å². The summed E-state index contributed by atoms with van der Waals surface area (Å²) in [4.78, 5) is 32.8. The van der Waals surface area contributed by atoms with Crippen molar-refractivity contribution in [2.24, 2.45) is 10.9 Å². The summed E-state index contributed by atoms with van der Waals surface area (Å²) < 4.78 is 5.01. The van der Waals surface area contributed by atoms with Gasteiger partial charge in [0, 0.05) is 6.20 Å². The number of aliphatic imine (C=N–C) groups is 1. The first-order chi connectivity index (χ1) is 9.90. The summed E-state index contributed by atoms with van der Waals surface area (Å²) in [6.07, 6.45) is 1.55. The number of nitrogens with one attached hydrogen (secondary N) is 1. The summed E-state index contributed by atoms with van der Waals surface area (Å²) >= 11 is 0. The molecule has 0 spiro atoms. The molecule has 1 amide bonds. The van der Waals surface area contributed by atoms with Crippen molar-refractivity contribution in [1.29, 1.82) is 0 Å². The van der Waals surface area contributed by atoms with E-state index < -0.39 is 11.5 Å². The number of ether oxygens (including phenoxy) is 1. The predicted molar refractivity (Wildman–Crippen MR) is 78.1 cm³/mol. The normalized spacial score (nSPS) is 21.2. The van der Waals surface area contributed by atoms with Crippen LogP contribution in [0.3, 0.4) is 0 Å². The van der Waals surface area contributed by atoms with Crippen molar-refractivity contribution >= 4 is 17.7 Å². The summed E-state index contributed by atoms with van der Waals surface area (Å²) in [5.41, 5.74) is -0.209. The minimum absolute atomic E-state index is 0.0322. The fourth-order valence-corrected chi connectivity index (χ4v) is 2.02. The summed E-state index contributed by atoms with van der Waals surface area (Å²) in [5, 5.41) is 2.72. The van der Waals surface area contributed by atoms with Crippen LogP contribution in [0, 0.1) is 5.92 Å². The van der Waals surface area contributed by atoms with E-state index in [0.717, 1.165) is 0 Å². The average Bonchev–Trinajstić information content (AvgIpc) is 2.76. The van der Waals surface area contributed by atoms with Crippen LogP contribution < -0.4 is 5.32 Å². The lowest BCUT2D eigenvalue weighted by atomic mass is 9.89. The zero-order chi connectivity index (χ0) is 15.6. The van der Waals surface area contributed by atoms with E-state index in [9.17, 15) is 9.59 Å². The fraction of sp³-hybridized carbons (Fsp3) is 0.467. The van der Waals surface area contributed by atoms with Crippen LogP contribution in [-0.2, 0) is 9.53 Å². The minimum Gasteiger partial charge on any atom is -0.462 e. The second-order valence-electron chi connectivity index (χ2n) is 5.34. The number of hydrogen-bond acceptors (Lipinski definition) is 5. The molecular weight excluding hydrogens is 270 g/mol. The number of aromatic nitrogens is 1. The molecule has 0 aliphatic carbocycles. The Labute approximate surface area is 123 Å². The topological polar surface area (TPSA) is 80.7 Å². The highest BCUT2D eigenvalue weighted by atomic mass is 16.5. The fourth-order valence-electron chi connectivity index (χ4n) is 2.02. The third-order valence-electron chi connectivity index (χ3n) is 3.69. The van der Waals surface area contributed by atoms with Crippen LogP contribution in [0.15, 0.2) is 23.3 Å². The molecule has 0 bridgehead atoms. The Balaban J connectivity index is 2.45. The molecule has 2 rings (SSSR count). The van der Waals surface area contributed by atoms with E-state index in [-0.39, 0.29) is 18.4 Å². The highest BCUT2D eigenvalue weighted by molar-refractivity contribution is 6.17. The van der Waals surface area contributed by atoms with Gasteiger partial charge in [0.2, 0.25) is 0 Å². The number of rotatable bonds is 4. The third-order valence-corrected chi connectivity index (χ3v) is 3.69. The van der Waals surface area contributed by atoms with Gasteiger partial charge in [-0.3, -0.25) is 9.78 Å². The molecule has 0 saturated heterocycles. The molecule has 112 valence electrons. The van der Waals surface area contributed by atoms with Gasteiger partial charge < -0.3 is 10.1 Å². The molecule has 6 heteroatoms. The molecule has 0 saturated carbocycles. The lowest BCUT2D eigenvalue weighted by Crippen LogP contribution is -2.41. The Morgan fingerprint density at radius 3 is 2.76 bits per heavy atom. The maximum absolute atomic E-state index is 12.2. The summed E-state index contributed by atoms with van der Waals surface area (Å²) in [7, 11) is 0. The molecule has 0 fully saturated rings. The molecule has 1 aliphatic heterocycles. The van der Waals surface area contributed by atoms with Gasteiger partial charge in [-0.1, -0.05) is 13.8 Å². The van der Waals surface area contributed by atoms with Crippen LogP contribution in [0.5, 0.6) is 0 Å². The van der Waals surface area contributed by atoms with Crippen molar-refractivity contribution in [1.82, 2.24) is 10.3 Å². The largest absolute Gasteiger partial charge is 0.462 e. The van der Waals surface area contributed by atoms with Crippen LogP contribution in [0.25, 0.3) is 0 Å². The molecular formula is C15H19N3O3. The number of esters is 1. The Morgan fingerprint density at radius 1 is 1.48 bits per heavy atom. The summed E-state index contributed by atoms with van der Waals surface area (Å²) in [6.45, 7) is 7.63. The van der Waals surface area contributed by atoms with Gasteiger partial charge in [0.1, 0.15) is 11.2 Å². The zero-order valence-corrected chi connectivity index (χ0v) is 12.6. The third kappa shape index (κ3) is 2.66. The van der Waals surface area contributed by atoms with Crippen LogP contribution in [0.2, 0.25) is 0 Å². The van der Waals surface area contributed by atoms with Crippen molar-refractivity contribution in [3.63, 3.8) is 0 Å². The van der Waals surface area contributed by atoms with Gasteiger partial charge in [-0.15, -0.1) is 0 Å². The predicted octanol–water partition coefficient (Wildman–Crippen LogP) is 1.55. The molecule has 1 aromatic heterocycles. The van der Waals surface area contributed by atoms with Crippen molar-refractivity contribution in [3.05, 3.63) is 29.6 Å². The van der Waals surface area contributed by atoms with Crippen molar-refractivity contribution in [3.8, 4) is 0 Å². The van der Waals surface area contributed by atoms with Gasteiger partial charge in [0.25, 0.3) is 5.91 Å². The van der Waals surface area contributed by atoms with E-state index in [1.807, 2.05) is 13.8 Å². The van der Waals surface area contributed by atoms with Crippen molar-refractivity contribution < 1.29 is 14.3 Å². The number of carbonyl (C=O) groups is 2. The van der Waals surface area contributed by atoms with E-state index in [1.165, 1.54) is 0 Å². The van der Waals surface area contributed by atoms with E-state index in [0.29, 0.717) is 17.1 Å². The highest BCUT2D eigenvalue weighted by Gasteiger charge is 2.43. The van der Waals surface area contributed by atoms with Gasteiger partial charge in [-0.05, 0) is 31.9 Å². The van der Waals surface area contributed by atoms with Gasteiger partial charge in [-0.25, -0.2) is 9.79 Å². The Bertz CT molecular complexity index is 610. The smallest absolute Gasteiger partial charge is 0.340 e. The zero-order valence-electron chi connectivity index (χ0n) is 12.6. The Kier molecular flexibility index (Phi) is 4.06. The second kappa shape index (κ2) is 5.63. The number of pyridine rings is 1. The molecule has 21 heavy (non-hydrogen) atoms. The molecule has 0 aromatic carbocycles. The first-order valence-corrected chi connectivity index (χ1v) is 6.94. The van der Waals surface area contributed by atoms with E-state index in [1.54, 1.807) is 32.2 Å². The molecule has 1 aromatic rings. The SMILES string of the molecule is CCOC(=O)c1cccnc1C1=N[C@](C)(C(C)C)C(=O)N1. The number of amidine groups is 1. The van der Waals surface area contributed by atoms with Crippen LogP contribution in [0.4, 0.5) is 0 Å². The molecule has 1 atom stereocenters. The van der Waals surface area contributed by atoms with Crippen molar-refractivity contribution in [2.45, 2.75) is 33.2 Å². The Morgan fingerprint density at radius 2 is 2.19 bits per heavy atom. The van der Waals surface area contributed by atoms with Crippen LogP contribution in [-0.4, -0.2) is 34.8 Å². The maximum Gasteiger partial charge on any atom is 0.340 e. The van der Waals surface area contributed by atoms with Crippen LogP contribution >= 0.6 is 0 Å². The summed E-state index contributed by atoms with van der Waals surface area (Å²) in [5.74, 6) is -0.312. The number of carbonyl (C=O) groups excluding carboxylic acids is 2. The molecule has 6 nitrogen and oxygen atoms in total. The molecule has 0 radical (unpaired) electrons. The standard InChI is InChI=1S/C15H19N3O3/c1-5-21-13(19)10-7-6-8-16-11(10)12-17-14(20)15(4,18-12)9(2)3/h6-9H,5H2,1-4H3,(H,17,18,20)/t15-/m1/s1. The monoisotopic (exact) mass is 289 g/mol. The van der Waals surface area contributed by atoms with Crippen molar-refractivity contribution in [2.75, 3.05) is 6.61 Å². The lowest BCUT2D eigenvalue weighted by Gasteiger charge is -2.21. The van der Waals surface area contributed by atoms with Crippen LogP contribution in [0.1, 0.15) is 43.7 Å². The molecule has 1 aliphatic rings. The van der Waals surface area contributed by atoms with Gasteiger partial charge in [0.15, 0.2) is 5.84 Å². The lowest BCUT2D eigenvalue weighted by molar-refractivity contribution is -0.124. The number of nitrogens with zero attached hydrogens (tertiary/aromatic N) is 2. The minimum atomic E-state index is -0.848. The summed E-state index contributed by atoms with van der Waals surface area (Å²) in [6, 6.07) is 3.26. The van der Waals surface area contributed by atoms with Gasteiger partial charge in [0.05, 0.1) is 12.2 Å².